The molecule has 0 aromatic heterocycles. The number of nitrogens with one attached hydrogen (secondary N) is 1. The predicted molar refractivity (Wildman–Crippen MR) is 199 cm³/mol. The molecule has 26 heteroatoms. The van der Waals surface area contributed by atoms with Gasteiger partial charge in [-0.1, -0.05) is 0 Å². The third-order valence-corrected chi connectivity index (χ3v) is 8.97. The van der Waals surface area contributed by atoms with Crippen LogP contribution in [0, 0.1) is 0 Å². The third kappa shape index (κ3) is 15.6. The lowest BCUT2D eigenvalue weighted by atomic mass is 9.94. The Labute approximate surface area is 365 Å². The lowest BCUT2D eigenvalue weighted by molar-refractivity contribution is -0.374. The van der Waals surface area contributed by atoms with Gasteiger partial charge in [-0.05, 0) is 0 Å². The SMILES string of the molecule is CC(=O)N[C@H]1[C@@H](OC(C)=O)[C@H](O[C@@H]2O[C@H](COC(C)=O)[C@H](O[C@@H]3O[C@H](COC(C)=O)[C@H](OC(C)=O)[C@H](OC(C)=O)[C@H]3OC(C)=O)[C@H](OC(C)=O)[C@H]2OC(C)=O)[C@@H](COC(C)=O)O[C@@H]1O. The van der Waals surface area contributed by atoms with E-state index in [0.717, 1.165) is 69.2 Å². The number of ether oxygens (including phenoxy) is 14. The lowest BCUT2D eigenvalue weighted by Gasteiger charge is -2.50. The van der Waals surface area contributed by atoms with Gasteiger partial charge in [-0.25, -0.2) is 0 Å². The van der Waals surface area contributed by atoms with Crippen LogP contribution in [0.15, 0.2) is 0 Å². The Morgan fingerprint density at radius 2 is 0.688 bits per heavy atom. The van der Waals surface area contributed by atoms with Crippen molar-refractivity contribution < 1.29 is 119 Å². The van der Waals surface area contributed by atoms with Crippen LogP contribution in [-0.2, 0) is 114 Å². The number of esters is 9. The van der Waals surface area contributed by atoms with Crippen molar-refractivity contribution in [3.63, 3.8) is 0 Å². The molecule has 15 atom stereocenters. The van der Waals surface area contributed by atoms with Crippen LogP contribution in [0.5, 0.6) is 0 Å². The van der Waals surface area contributed by atoms with Gasteiger partial charge in [-0.15, -0.1) is 0 Å². The van der Waals surface area contributed by atoms with Crippen molar-refractivity contribution in [3.05, 3.63) is 0 Å². The maximum atomic E-state index is 12.9. The van der Waals surface area contributed by atoms with Crippen molar-refractivity contribution >= 4 is 59.6 Å². The number of aliphatic hydroxyl groups is 1. The fraction of sp³-hybridized carbons (Fsp3) is 0.737. The summed E-state index contributed by atoms with van der Waals surface area (Å²) in [6, 6.07) is -1.56. The summed E-state index contributed by atoms with van der Waals surface area (Å²) >= 11 is 0. The minimum Gasteiger partial charge on any atom is -0.463 e. The first-order valence-corrected chi connectivity index (χ1v) is 19.5. The first kappa shape index (κ1) is 52.8. The summed E-state index contributed by atoms with van der Waals surface area (Å²) in [5, 5.41) is 13.3. The Kier molecular flexibility index (Phi) is 19.8. The van der Waals surface area contributed by atoms with E-state index in [1.165, 1.54) is 0 Å². The van der Waals surface area contributed by atoms with Crippen molar-refractivity contribution in [2.45, 2.75) is 161 Å². The molecule has 3 rings (SSSR count). The zero-order valence-electron chi connectivity index (χ0n) is 36.5. The number of carbonyl (C=O) groups is 10. The number of hydrogen-bond acceptors (Lipinski definition) is 25. The highest BCUT2D eigenvalue weighted by atomic mass is 16.8. The topological polar surface area (TPSA) is 332 Å². The van der Waals surface area contributed by atoms with Crippen LogP contribution in [0.25, 0.3) is 0 Å². The van der Waals surface area contributed by atoms with E-state index in [0.29, 0.717) is 0 Å². The van der Waals surface area contributed by atoms with Gasteiger partial charge in [-0.3, -0.25) is 47.9 Å². The molecule has 0 aromatic rings. The second kappa shape index (κ2) is 23.9. The highest BCUT2D eigenvalue weighted by molar-refractivity contribution is 5.74. The standard InChI is InChI=1S/C38H53NO25/c1-14(40)39-27-31(55-19(6)45)28(24(60-36(27)50)11-51-15(2)41)63-37-35(59-23(10)49)33(57-21(8)47)30(26(62-37)13-53-17(4)43)64-38-34(58-22(9)48)32(56-20(7)46)29(54-18(5)44)25(61-38)12-52-16(3)42/h24-38,50H,11-13H2,1-10H3,(H,39,40)/t24-,25-,26-,27+,28-,29+,30+,31-,32+,33+,34-,35-,36+,37+,38+/m1/s1. The molecular weight excluding hydrogens is 870 g/mol. The molecule has 0 spiro atoms. The minimum atomic E-state index is -2.00. The molecule has 0 saturated carbocycles. The smallest absolute Gasteiger partial charge is 0.303 e. The Balaban J connectivity index is 2.28. The average molecular weight is 924 g/mol. The molecule has 3 fully saturated rings. The first-order valence-electron chi connectivity index (χ1n) is 19.5. The lowest BCUT2D eigenvalue weighted by Crippen LogP contribution is -2.69. The summed E-state index contributed by atoms with van der Waals surface area (Å²) in [5.41, 5.74) is 0. The van der Waals surface area contributed by atoms with Gasteiger partial charge in [0.15, 0.2) is 55.5 Å². The predicted octanol–water partition coefficient (Wildman–Crippen LogP) is -2.29. The molecule has 2 N–H and O–H groups in total. The minimum absolute atomic E-state index is 0.675. The fourth-order valence-corrected chi connectivity index (χ4v) is 6.87. The first-order chi connectivity index (χ1) is 29.9. The van der Waals surface area contributed by atoms with E-state index < -0.39 is 172 Å². The van der Waals surface area contributed by atoms with Gasteiger partial charge in [0.25, 0.3) is 0 Å². The van der Waals surface area contributed by atoms with E-state index in [1.807, 2.05) is 0 Å². The summed E-state index contributed by atoms with van der Waals surface area (Å²) in [6.07, 6.45) is -25.0. The Morgan fingerprint density at radius 1 is 0.391 bits per heavy atom. The van der Waals surface area contributed by atoms with Gasteiger partial charge >= 0.3 is 53.7 Å². The van der Waals surface area contributed by atoms with Crippen molar-refractivity contribution in [1.29, 1.82) is 0 Å². The van der Waals surface area contributed by atoms with Crippen LogP contribution in [0.1, 0.15) is 69.2 Å². The third-order valence-electron chi connectivity index (χ3n) is 8.97. The number of rotatable bonds is 17. The van der Waals surface area contributed by atoms with Crippen LogP contribution in [-0.4, -0.2) is 177 Å². The molecule has 0 radical (unpaired) electrons. The molecule has 360 valence electrons. The molecule has 0 aliphatic carbocycles. The molecule has 3 aliphatic heterocycles. The highest BCUT2D eigenvalue weighted by Gasteiger charge is 2.59. The summed E-state index contributed by atoms with van der Waals surface area (Å²) in [6.45, 7) is 7.89. The quantitative estimate of drug-likeness (QED) is 0.114. The van der Waals surface area contributed by atoms with Crippen molar-refractivity contribution in [2.75, 3.05) is 19.8 Å². The molecule has 0 unspecified atom stereocenters. The summed E-state index contributed by atoms with van der Waals surface area (Å²) in [4.78, 5) is 124. The number of amides is 1. The second-order valence-electron chi connectivity index (χ2n) is 14.4. The Morgan fingerprint density at radius 3 is 1.05 bits per heavy atom. The van der Waals surface area contributed by atoms with E-state index in [2.05, 4.69) is 5.32 Å². The van der Waals surface area contributed by atoms with Gasteiger partial charge in [0.1, 0.15) is 56.4 Å². The fourth-order valence-electron chi connectivity index (χ4n) is 6.87. The van der Waals surface area contributed by atoms with E-state index in [4.69, 9.17) is 66.3 Å². The molecule has 1 amide bonds. The van der Waals surface area contributed by atoms with Crippen molar-refractivity contribution in [1.82, 2.24) is 5.32 Å². The van der Waals surface area contributed by atoms with Gasteiger partial charge in [-0.2, -0.15) is 0 Å². The van der Waals surface area contributed by atoms with Gasteiger partial charge in [0.05, 0.1) is 0 Å². The largest absolute Gasteiger partial charge is 0.463 e. The molecule has 3 heterocycles. The van der Waals surface area contributed by atoms with E-state index in [-0.39, 0.29) is 0 Å². The van der Waals surface area contributed by atoms with E-state index >= 15 is 0 Å². The Bertz CT molecular complexity index is 1740. The summed E-state index contributed by atoms with van der Waals surface area (Å²) < 4.78 is 79.3. The van der Waals surface area contributed by atoms with Gasteiger partial charge < -0.3 is 76.7 Å². The molecule has 0 bridgehead atoms. The monoisotopic (exact) mass is 923 g/mol. The van der Waals surface area contributed by atoms with Crippen molar-refractivity contribution in [3.8, 4) is 0 Å². The molecule has 0 aromatic carbocycles. The van der Waals surface area contributed by atoms with Crippen LogP contribution in [0.2, 0.25) is 0 Å². The molecular formula is C38H53NO25. The maximum Gasteiger partial charge on any atom is 0.303 e. The normalized spacial score (nSPS) is 32.3. The highest BCUT2D eigenvalue weighted by Crippen LogP contribution is 2.37. The Hall–Kier alpha value is -5.54. The molecule has 3 saturated heterocycles. The van der Waals surface area contributed by atoms with Crippen LogP contribution >= 0.6 is 0 Å². The number of hydrogen-bond donors (Lipinski definition) is 2. The average Bonchev–Trinajstić information content (AvgIpc) is 3.15. The van der Waals surface area contributed by atoms with Gasteiger partial charge in [0, 0.05) is 69.2 Å². The number of aliphatic hydroxyl groups excluding tert-OH is 1. The number of carbonyl (C=O) groups excluding carboxylic acids is 10. The zero-order chi connectivity index (χ0) is 48.2. The van der Waals surface area contributed by atoms with Gasteiger partial charge in [0.2, 0.25) is 5.91 Å². The summed E-state index contributed by atoms with van der Waals surface area (Å²) in [7, 11) is 0. The van der Waals surface area contributed by atoms with Crippen LogP contribution < -0.4 is 5.32 Å². The second-order valence-corrected chi connectivity index (χ2v) is 14.4. The van der Waals surface area contributed by atoms with E-state index in [9.17, 15) is 53.1 Å². The van der Waals surface area contributed by atoms with Crippen LogP contribution in [0.3, 0.4) is 0 Å². The summed E-state index contributed by atoms with van der Waals surface area (Å²) in [5.74, 6) is -9.25. The van der Waals surface area contributed by atoms with Crippen molar-refractivity contribution in [2.24, 2.45) is 0 Å². The van der Waals surface area contributed by atoms with E-state index in [1.54, 1.807) is 0 Å². The molecule has 64 heavy (non-hydrogen) atoms. The molecule has 26 nitrogen and oxygen atoms in total. The zero-order valence-corrected chi connectivity index (χ0v) is 36.5. The maximum absolute atomic E-state index is 12.9. The molecule has 3 aliphatic rings. The van der Waals surface area contributed by atoms with Crippen LogP contribution in [0.4, 0.5) is 0 Å².